The zero-order valence-electron chi connectivity index (χ0n) is 30.5. The summed E-state index contributed by atoms with van der Waals surface area (Å²) in [5.74, 6) is -3.55. The molecule has 0 bridgehead atoms. The van der Waals surface area contributed by atoms with E-state index >= 15 is 0 Å². The molecular formula is C40H36F9N2O6+. The molecule has 2 N–H and O–H groups in total. The number of amides is 3. The zero-order chi connectivity index (χ0) is 42.1. The Hall–Kier alpha value is -5.58. The number of quaternary nitrogens is 1. The lowest BCUT2D eigenvalue weighted by Crippen LogP contribution is -2.63. The standard InChI is InChI=1S/C40H35F9N2O6/c1-37(2,3)57-36(55)51(16-15-24-9-13-30(18-27(24)21-51)56-22-23-7-11-28(12-8-23)38(41,42)43)35(54)50-20-32(34(52)53)31-14-10-26(19-33(31)40(47,48)49)25-5-4-6-29(17-25)39(44,45)46/h4-14,17-19,32H,15-16,20-22H2,1-3H3,(H-,50,52,53,54)/p+1. The highest BCUT2D eigenvalue weighted by molar-refractivity contribution is 5.82. The van der Waals surface area contributed by atoms with Gasteiger partial charge in [0.15, 0.2) is 0 Å². The number of hydrogen-bond donors (Lipinski definition) is 2. The molecule has 1 aliphatic rings. The van der Waals surface area contributed by atoms with Crippen molar-refractivity contribution < 1.29 is 73.0 Å². The van der Waals surface area contributed by atoms with Crippen molar-refractivity contribution in [3.05, 3.63) is 124 Å². The lowest BCUT2D eigenvalue weighted by atomic mass is 9.90. The first kappa shape index (κ1) is 42.6. The number of carboxylic acid groups (broad SMARTS) is 1. The van der Waals surface area contributed by atoms with Crippen molar-refractivity contribution in [1.29, 1.82) is 0 Å². The Morgan fingerprint density at radius 2 is 1.40 bits per heavy atom. The molecule has 2 unspecified atom stereocenters. The van der Waals surface area contributed by atoms with Crippen LogP contribution in [0, 0.1) is 0 Å². The third-order valence-corrected chi connectivity index (χ3v) is 9.21. The molecule has 2 atom stereocenters. The van der Waals surface area contributed by atoms with Crippen molar-refractivity contribution in [1.82, 2.24) is 5.32 Å². The van der Waals surface area contributed by atoms with E-state index in [-0.39, 0.29) is 43.0 Å². The van der Waals surface area contributed by atoms with Gasteiger partial charge in [-0.1, -0.05) is 42.5 Å². The smallest absolute Gasteiger partial charge is 0.489 e. The van der Waals surface area contributed by atoms with Gasteiger partial charge in [0.1, 0.15) is 31.0 Å². The summed E-state index contributed by atoms with van der Waals surface area (Å²) >= 11 is 0. The van der Waals surface area contributed by atoms with E-state index in [1.165, 1.54) is 24.3 Å². The maximum Gasteiger partial charge on any atom is 0.526 e. The highest BCUT2D eigenvalue weighted by Crippen LogP contribution is 2.40. The maximum absolute atomic E-state index is 14.5. The van der Waals surface area contributed by atoms with E-state index in [1.54, 1.807) is 32.9 Å². The van der Waals surface area contributed by atoms with Gasteiger partial charge in [-0.3, -0.25) is 4.79 Å². The lowest BCUT2D eigenvalue weighted by Gasteiger charge is -2.37. The number of carboxylic acids is 1. The van der Waals surface area contributed by atoms with Crippen molar-refractivity contribution in [3.8, 4) is 16.9 Å². The normalized spacial score (nSPS) is 16.6. The van der Waals surface area contributed by atoms with Crippen LogP contribution in [-0.4, -0.2) is 46.4 Å². The topological polar surface area (TPSA) is 102 Å². The Balaban J connectivity index is 1.42. The first-order valence-corrected chi connectivity index (χ1v) is 17.3. The van der Waals surface area contributed by atoms with Crippen LogP contribution in [0.1, 0.15) is 65.6 Å². The fourth-order valence-corrected chi connectivity index (χ4v) is 6.31. The molecule has 0 saturated heterocycles. The average Bonchev–Trinajstić information content (AvgIpc) is 3.12. The molecule has 0 fully saturated rings. The van der Waals surface area contributed by atoms with E-state index in [2.05, 4.69) is 5.32 Å². The fraction of sp³-hybridized carbons (Fsp3) is 0.325. The fourth-order valence-electron chi connectivity index (χ4n) is 6.31. The number of carbonyl (C=O) groups is 3. The second-order valence-corrected chi connectivity index (χ2v) is 14.4. The Kier molecular flexibility index (Phi) is 11.8. The van der Waals surface area contributed by atoms with Crippen molar-refractivity contribution in [2.45, 2.75) is 70.4 Å². The summed E-state index contributed by atoms with van der Waals surface area (Å²) in [4.78, 5) is 40.4. The third kappa shape index (κ3) is 10.1. The summed E-state index contributed by atoms with van der Waals surface area (Å²) in [5, 5.41) is 12.5. The van der Waals surface area contributed by atoms with Crippen LogP contribution in [0.25, 0.3) is 11.1 Å². The molecule has 0 saturated carbocycles. The minimum atomic E-state index is -5.17. The predicted octanol–water partition coefficient (Wildman–Crippen LogP) is 10.4. The summed E-state index contributed by atoms with van der Waals surface area (Å²) < 4.78 is 133. The van der Waals surface area contributed by atoms with Crippen LogP contribution >= 0.6 is 0 Å². The molecule has 0 aliphatic carbocycles. The van der Waals surface area contributed by atoms with Crippen LogP contribution in [-0.2, 0) is 47.6 Å². The van der Waals surface area contributed by atoms with Gasteiger partial charge in [0.2, 0.25) is 0 Å². The molecule has 0 spiro atoms. The van der Waals surface area contributed by atoms with Crippen molar-refractivity contribution in [3.63, 3.8) is 0 Å². The van der Waals surface area contributed by atoms with E-state index < -0.39 is 81.4 Å². The van der Waals surface area contributed by atoms with Gasteiger partial charge in [-0.05, 0) is 91.1 Å². The molecule has 1 heterocycles. The third-order valence-electron chi connectivity index (χ3n) is 9.21. The number of halogens is 9. The number of aliphatic carboxylic acids is 1. The number of imide groups is 1. The molecule has 0 aromatic heterocycles. The van der Waals surface area contributed by atoms with Gasteiger partial charge < -0.3 is 19.9 Å². The van der Waals surface area contributed by atoms with E-state index in [0.717, 1.165) is 36.4 Å². The maximum atomic E-state index is 14.5. The largest absolute Gasteiger partial charge is 0.526 e. The van der Waals surface area contributed by atoms with Crippen molar-refractivity contribution >= 4 is 18.1 Å². The van der Waals surface area contributed by atoms with Crippen LogP contribution in [0.5, 0.6) is 5.75 Å². The van der Waals surface area contributed by atoms with Gasteiger partial charge in [-0.2, -0.15) is 44.3 Å². The number of nitrogens with zero attached hydrogens (tertiary/aromatic N) is 1. The van der Waals surface area contributed by atoms with Gasteiger partial charge >= 0.3 is 36.6 Å². The van der Waals surface area contributed by atoms with Crippen molar-refractivity contribution in [2.75, 3.05) is 13.1 Å². The van der Waals surface area contributed by atoms with Gasteiger partial charge in [0.05, 0.1) is 22.6 Å². The van der Waals surface area contributed by atoms with Gasteiger partial charge in [0.25, 0.3) is 0 Å². The second-order valence-electron chi connectivity index (χ2n) is 14.4. The minimum Gasteiger partial charge on any atom is -0.489 e. The number of hydrogen-bond acceptors (Lipinski definition) is 5. The molecule has 5 rings (SSSR count). The van der Waals surface area contributed by atoms with Gasteiger partial charge in [-0.15, -0.1) is 4.48 Å². The van der Waals surface area contributed by atoms with E-state index in [4.69, 9.17) is 9.47 Å². The molecule has 3 amide bonds. The molecule has 0 radical (unpaired) electrons. The van der Waals surface area contributed by atoms with Crippen LogP contribution < -0.4 is 10.1 Å². The Morgan fingerprint density at radius 1 is 0.754 bits per heavy atom. The number of ether oxygens (including phenoxy) is 2. The molecular weight excluding hydrogens is 775 g/mol. The number of fused-ring (bicyclic) bond motifs is 1. The summed E-state index contributed by atoms with van der Waals surface area (Å²) in [5.41, 5.74) is -4.19. The highest BCUT2D eigenvalue weighted by Gasteiger charge is 2.51. The predicted molar refractivity (Wildman–Crippen MR) is 187 cm³/mol. The average molecular weight is 812 g/mol. The van der Waals surface area contributed by atoms with Crippen LogP contribution in [0.3, 0.4) is 0 Å². The molecule has 4 aromatic rings. The monoisotopic (exact) mass is 811 g/mol. The number of alkyl halides is 9. The SMILES string of the molecule is CC(C)(C)OC(=O)[N+]1(C(=O)NCC(C(=O)O)c2ccc(-c3cccc(C(F)(F)F)c3)cc2C(F)(F)F)CCc2ccc(OCc3ccc(C(F)(F)F)cc3)cc2C1. The number of benzene rings is 4. The van der Waals surface area contributed by atoms with Gasteiger partial charge in [0, 0.05) is 18.5 Å². The number of urea groups is 1. The molecule has 17 heteroatoms. The quantitative estimate of drug-likeness (QED) is 0.136. The van der Waals surface area contributed by atoms with Crippen LogP contribution in [0.2, 0.25) is 0 Å². The first-order chi connectivity index (χ1) is 26.4. The Labute approximate surface area is 320 Å². The number of rotatable bonds is 8. The second kappa shape index (κ2) is 15.8. The first-order valence-electron chi connectivity index (χ1n) is 17.3. The minimum absolute atomic E-state index is 0.124. The molecule has 1 aliphatic heterocycles. The number of nitrogens with one attached hydrogen (secondary N) is 1. The molecule has 304 valence electrons. The highest BCUT2D eigenvalue weighted by atomic mass is 19.4. The summed E-state index contributed by atoms with van der Waals surface area (Å²) in [6, 6.07) is 14.1. The Bertz CT molecular complexity index is 2140. The van der Waals surface area contributed by atoms with Crippen LogP contribution in [0.4, 0.5) is 49.1 Å². The molecule has 57 heavy (non-hydrogen) atoms. The number of carbonyl (C=O) groups excluding carboxylic acids is 2. The van der Waals surface area contributed by atoms with Crippen molar-refractivity contribution in [2.24, 2.45) is 0 Å². The van der Waals surface area contributed by atoms with Gasteiger partial charge in [-0.25, -0.2) is 4.79 Å². The van der Waals surface area contributed by atoms with Crippen LogP contribution in [0.15, 0.2) is 84.9 Å². The summed E-state index contributed by atoms with van der Waals surface area (Å²) in [7, 11) is 0. The van der Waals surface area contributed by atoms with E-state index in [0.29, 0.717) is 28.8 Å². The molecule has 4 aromatic carbocycles. The van der Waals surface area contributed by atoms with E-state index in [9.17, 15) is 59.0 Å². The lowest BCUT2D eigenvalue weighted by molar-refractivity contribution is -0.795. The molecule has 8 nitrogen and oxygen atoms in total. The summed E-state index contributed by atoms with van der Waals surface area (Å²) in [6.45, 7) is 3.07. The summed E-state index contributed by atoms with van der Waals surface area (Å²) in [6.07, 6.45) is -15.4. The Morgan fingerprint density at radius 3 is 2.00 bits per heavy atom. The zero-order valence-corrected chi connectivity index (χ0v) is 30.5. The van der Waals surface area contributed by atoms with E-state index in [1.807, 2.05) is 0 Å².